The van der Waals surface area contributed by atoms with Gasteiger partial charge in [-0.3, -0.25) is 0 Å². The number of imidazole rings is 1. The van der Waals surface area contributed by atoms with Gasteiger partial charge in [-0.2, -0.15) is 1.33 Å². The summed E-state index contributed by atoms with van der Waals surface area (Å²) >= 11 is 7.20. The fraction of sp³-hybridized carbons (Fsp3) is 0.276. The fourth-order valence-corrected chi connectivity index (χ4v) is 6.44. The summed E-state index contributed by atoms with van der Waals surface area (Å²) in [4.78, 5) is 0. The van der Waals surface area contributed by atoms with Crippen molar-refractivity contribution in [3.63, 3.8) is 0 Å². The third kappa shape index (κ3) is 7.05. The van der Waals surface area contributed by atoms with E-state index in [1.165, 1.54) is 64.0 Å². The van der Waals surface area contributed by atoms with Gasteiger partial charge in [-0.15, -0.1) is 0 Å². The third-order valence-corrected chi connectivity index (χ3v) is 9.37. The molecule has 0 saturated heterocycles. The maximum atomic E-state index is 2.44. The Balaban J connectivity index is 0.000000271. The molecule has 1 aliphatic rings. The van der Waals surface area contributed by atoms with Crippen LogP contribution in [0.3, 0.4) is 0 Å². The van der Waals surface area contributed by atoms with E-state index in [-0.39, 0.29) is 0 Å². The second kappa shape index (κ2) is 13.5. The zero-order valence-electron chi connectivity index (χ0n) is 19.9. The van der Waals surface area contributed by atoms with Crippen LogP contribution in [-0.2, 0) is 32.9 Å². The van der Waals surface area contributed by atoms with Gasteiger partial charge in [-0.05, 0) is 12.8 Å². The molecule has 5 rings (SSSR count). The maximum absolute atomic E-state index is 2.44. The molecule has 35 heavy (non-hydrogen) atoms. The Labute approximate surface area is 248 Å². The van der Waals surface area contributed by atoms with Crippen LogP contribution < -0.4 is 0 Å². The van der Waals surface area contributed by atoms with E-state index in [9.17, 15) is 0 Å². The Morgan fingerprint density at radius 1 is 0.743 bits per heavy atom. The summed E-state index contributed by atoms with van der Waals surface area (Å²) in [5.41, 5.74) is 6.28. The van der Waals surface area contributed by atoms with Gasteiger partial charge >= 0.3 is 165 Å². The quantitative estimate of drug-likeness (QED) is 0.145. The fourth-order valence-electron chi connectivity index (χ4n) is 4.64. The molecule has 1 fully saturated rings. The van der Waals surface area contributed by atoms with Crippen molar-refractivity contribution >= 4 is 45.7 Å². The molecule has 0 amide bonds. The average molecular weight is 870 g/mol. The minimum Gasteiger partial charge on any atom is -0.185 e. The van der Waals surface area contributed by atoms with Crippen LogP contribution in [0.15, 0.2) is 91.0 Å². The summed E-state index contributed by atoms with van der Waals surface area (Å²) in [7, 11) is 2.15. The first-order valence-electron chi connectivity index (χ1n) is 12.1. The molecule has 0 aliphatic heterocycles. The first-order valence-corrected chi connectivity index (χ1v) is 15.1. The van der Waals surface area contributed by atoms with Crippen molar-refractivity contribution in [2.75, 3.05) is 0 Å². The van der Waals surface area contributed by atoms with Gasteiger partial charge in [0.05, 0.1) is 0 Å². The van der Waals surface area contributed by atoms with E-state index in [0.29, 0.717) is 0 Å². The van der Waals surface area contributed by atoms with Gasteiger partial charge in [0.2, 0.25) is 0 Å². The van der Waals surface area contributed by atoms with E-state index in [1.54, 1.807) is 0 Å². The van der Waals surface area contributed by atoms with Crippen LogP contribution >= 0.6 is 45.7 Å². The molecule has 3 nitrogen and oxygen atoms in total. The van der Waals surface area contributed by atoms with Crippen LogP contribution in [0.1, 0.15) is 37.7 Å². The summed E-state index contributed by atoms with van der Waals surface area (Å²) in [6.45, 7) is 0.852. The normalized spacial score (nSPS) is 14.0. The van der Waals surface area contributed by atoms with Gasteiger partial charge in [0.1, 0.15) is 0 Å². The number of halogens is 2. The molecule has 1 saturated carbocycles. The Morgan fingerprint density at radius 3 is 1.71 bits per heavy atom. The SMILES string of the molecule is Cn1c(-c2ccccc2)c(-c2ccccc2)n(Cc2ccccc2)[c]1=[Pt].IN(I)C1CCCCC1. The molecule has 3 aromatic carbocycles. The maximum Gasteiger partial charge on any atom is 0.0311 e. The molecule has 0 atom stereocenters. The van der Waals surface area contributed by atoms with Gasteiger partial charge in [-0.1, -0.05) is 19.3 Å². The minimum atomic E-state index is 0.852. The molecule has 4 aromatic rings. The number of aromatic nitrogens is 2. The van der Waals surface area contributed by atoms with Crippen molar-refractivity contribution in [1.82, 2.24) is 10.5 Å². The van der Waals surface area contributed by atoms with Gasteiger partial charge in [-0.25, -0.2) is 0 Å². The van der Waals surface area contributed by atoms with E-state index in [2.05, 4.69) is 174 Å². The van der Waals surface area contributed by atoms with E-state index in [4.69, 9.17) is 0 Å². The van der Waals surface area contributed by atoms with Crippen molar-refractivity contribution in [1.29, 1.82) is 0 Å². The van der Waals surface area contributed by atoms with Crippen LogP contribution in [-0.4, -0.2) is 16.5 Å². The third-order valence-electron chi connectivity index (χ3n) is 6.42. The molecule has 0 radical (unpaired) electrons. The standard InChI is InChI=1S/C23H20N2.C6H11I2N.Pt/c1-24-18-25(17-19-11-5-2-6-12-19)23(21-15-9-4-10-16-21)22(24)20-13-7-3-8-14-20;7-9(8)6-4-2-1-3-5-6;/h2-16H,17H2,1H3;6H,1-5H2;. The number of rotatable bonds is 5. The molecule has 0 spiro atoms. The number of hydrogen-bond acceptors (Lipinski definition) is 1. The zero-order valence-corrected chi connectivity index (χ0v) is 26.5. The van der Waals surface area contributed by atoms with Crippen molar-refractivity contribution in [3.05, 3.63) is 100 Å². The van der Waals surface area contributed by atoms with Crippen LogP contribution in [0.4, 0.5) is 0 Å². The zero-order chi connectivity index (χ0) is 24.6. The topological polar surface area (TPSA) is 13.1 Å². The number of nitrogens with zero attached hydrogens (tertiary/aromatic N) is 3. The summed E-state index contributed by atoms with van der Waals surface area (Å²) in [5.74, 6) is 0. The largest absolute Gasteiger partial charge is 0.185 e. The van der Waals surface area contributed by atoms with Crippen LogP contribution in [0.25, 0.3) is 22.5 Å². The van der Waals surface area contributed by atoms with Crippen molar-refractivity contribution in [2.24, 2.45) is 7.05 Å². The Kier molecular flexibility index (Phi) is 10.4. The van der Waals surface area contributed by atoms with Crippen LogP contribution in [0, 0.1) is 3.80 Å². The Bertz CT molecular complexity index is 1250. The monoisotopic (exact) mass is 870 g/mol. The smallest absolute Gasteiger partial charge is 0.0311 e. The minimum absolute atomic E-state index is 0.852. The molecule has 6 heteroatoms. The van der Waals surface area contributed by atoms with Gasteiger partial charge in [0.25, 0.3) is 0 Å². The predicted octanol–water partition coefficient (Wildman–Crippen LogP) is 8.61. The molecule has 186 valence electrons. The second-order valence-corrected chi connectivity index (χ2v) is 13.8. The first kappa shape index (κ1) is 27.0. The van der Waals surface area contributed by atoms with E-state index >= 15 is 0 Å². The molecular formula is C29H31I2N3Pt. The van der Waals surface area contributed by atoms with Crippen molar-refractivity contribution in [3.8, 4) is 22.5 Å². The summed E-state index contributed by atoms with van der Waals surface area (Å²) in [5, 5.41) is 0. The van der Waals surface area contributed by atoms with E-state index in [1.807, 2.05) is 0 Å². The van der Waals surface area contributed by atoms with Gasteiger partial charge in [0, 0.05) is 51.8 Å². The summed E-state index contributed by atoms with van der Waals surface area (Å²) < 4.78 is 8.22. The van der Waals surface area contributed by atoms with Crippen LogP contribution in [0.2, 0.25) is 0 Å². The van der Waals surface area contributed by atoms with E-state index in [0.717, 1.165) is 12.6 Å². The number of hydrogen-bond donors (Lipinski definition) is 0. The second-order valence-electron chi connectivity index (χ2n) is 8.85. The molecule has 0 N–H and O–H groups in total. The molecule has 1 aliphatic carbocycles. The molecule has 0 bridgehead atoms. The van der Waals surface area contributed by atoms with Gasteiger partial charge < -0.3 is 0 Å². The van der Waals surface area contributed by atoms with Crippen molar-refractivity contribution in [2.45, 2.75) is 44.7 Å². The predicted molar refractivity (Wildman–Crippen MR) is 160 cm³/mol. The van der Waals surface area contributed by atoms with E-state index < -0.39 is 0 Å². The molecule has 1 aromatic heterocycles. The Hall–Kier alpha value is -1.02. The molecule has 0 unspecified atom stereocenters. The van der Waals surface area contributed by atoms with Crippen molar-refractivity contribution < 1.29 is 19.4 Å². The Morgan fingerprint density at radius 2 is 1.23 bits per heavy atom. The summed E-state index contributed by atoms with van der Waals surface area (Å²) in [6.07, 6.45) is 7.15. The summed E-state index contributed by atoms with van der Waals surface area (Å²) in [6, 6.07) is 32.8. The molecular weight excluding hydrogens is 839 g/mol. The molecule has 1 heterocycles. The van der Waals surface area contributed by atoms with Crippen LogP contribution in [0.5, 0.6) is 0 Å². The van der Waals surface area contributed by atoms with Gasteiger partial charge in [0.15, 0.2) is 0 Å². The average Bonchev–Trinajstić information content (AvgIpc) is 3.16. The number of benzene rings is 3. The first-order chi connectivity index (χ1) is 17.1.